The van der Waals surface area contributed by atoms with Crippen molar-refractivity contribution in [3.8, 4) is 0 Å². The van der Waals surface area contributed by atoms with Crippen LogP contribution in [0, 0.1) is 0 Å². The average Bonchev–Trinajstić information content (AvgIpc) is 3.28. The van der Waals surface area contributed by atoms with Crippen LogP contribution in [0.5, 0.6) is 0 Å². The summed E-state index contributed by atoms with van der Waals surface area (Å²) in [5.74, 6) is -0.981. The zero-order valence-electron chi connectivity index (χ0n) is 40.8. The van der Waals surface area contributed by atoms with Crippen LogP contribution in [0.25, 0.3) is 0 Å². The molecule has 0 radical (unpaired) electrons. The highest BCUT2D eigenvalue weighted by molar-refractivity contribution is 5.71. The molecule has 0 aromatic carbocycles. The Morgan fingerprint density at radius 3 is 1.05 bits per heavy atom. The fourth-order valence-corrected chi connectivity index (χ4v) is 6.72. The van der Waals surface area contributed by atoms with Crippen LogP contribution in [-0.4, -0.2) is 37.2 Å². The number of esters is 3. The Kier molecular flexibility index (Phi) is 48.0. The van der Waals surface area contributed by atoms with E-state index >= 15 is 0 Å². The van der Waals surface area contributed by atoms with Crippen molar-refractivity contribution in [1.82, 2.24) is 0 Å². The van der Waals surface area contributed by atoms with E-state index in [0.29, 0.717) is 19.3 Å². The summed E-state index contributed by atoms with van der Waals surface area (Å²) in [5, 5.41) is 0. The molecule has 0 bridgehead atoms. The normalized spacial score (nSPS) is 12.9. The number of unbranched alkanes of at least 4 members (excludes halogenated alkanes) is 18. The van der Waals surface area contributed by atoms with E-state index in [4.69, 9.17) is 14.2 Å². The van der Waals surface area contributed by atoms with Crippen LogP contribution in [0.4, 0.5) is 0 Å². The second-order valence-electron chi connectivity index (χ2n) is 16.7. The summed E-state index contributed by atoms with van der Waals surface area (Å²) in [5.41, 5.74) is 0. The number of allylic oxidation sites excluding steroid dienone is 16. The number of rotatable bonds is 45. The maximum absolute atomic E-state index is 12.7. The fourth-order valence-electron chi connectivity index (χ4n) is 6.72. The molecule has 6 nitrogen and oxygen atoms in total. The number of carbonyl (C=O) groups is 3. The molecule has 1 atom stereocenters. The Labute approximate surface area is 387 Å². The first-order valence-electron chi connectivity index (χ1n) is 25.7. The first kappa shape index (κ1) is 59.3. The van der Waals surface area contributed by atoms with Gasteiger partial charge in [0.1, 0.15) is 13.2 Å². The highest BCUT2D eigenvalue weighted by Gasteiger charge is 2.19. The molecule has 0 spiro atoms. The van der Waals surface area contributed by atoms with E-state index in [1.165, 1.54) is 77.0 Å². The maximum Gasteiger partial charge on any atom is 0.306 e. The third kappa shape index (κ3) is 49.2. The lowest BCUT2D eigenvalue weighted by atomic mass is 10.1. The van der Waals surface area contributed by atoms with Gasteiger partial charge in [-0.25, -0.2) is 0 Å². The summed E-state index contributed by atoms with van der Waals surface area (Å²) in [6.07, 6.45) is 67.0. The molecule has 0 fully saturated rings. The first-order chi connectivity index (χ1) is 31.0. The van der Waals surface area contributed by atoms with Crippen molar-refractivity contribution in [3.05, 3.63) is 97.2 Å². The molecule has 0 aliphatic rings. The summed E-state index contributed by atoms with van der Waals surface area (Å²) in [6, 6.07) is 0. The SMILES string of the molecule is CC/C=C\C/C=C\C/C=C\C/C=C\C/C=C\C/C=C\C/C=C\CCCC(=O)OCC(COC(=O)CCCCCCCCC)OC(=O)CCCCCCC/C=C\CCCCCCCC. The third-order valence-electron chi connectivity index (χ3n) is 10.6. The lowest BCUT2D eigenvalue weighted by molar-refractivity contribution is -0.167. The van der Waals surface area contributed by atoms with E-state index in [2.05, 4.69) is 118 Å². The molecule has 0 heterocycles. The molecule has 0 saturated heterocycles. The van der Waals surface area contributed by atoms with Gasteiger partial charge in [0.25, 0.3) is 0 Å². The van der Waals surface area contributed by atoms with Gasteiger partial charge in [0.05, 0.1) is 0 Å². The van der Waals surface area contributed by atoms with Crippen molar-refractivity contribution in [2.24, 2.45) is 0 Å². The van der Waals surface area contributed by atoms with E-state index < -0.39 is 6.10 Å². The van der Waals surface area contributed by atoms with E-state index in [1.54, 1.807) is 0 Å². The number of ether oxygens (including phenoxy) is 3. The van der Waals surface area contributed by atoms with Gasteiger partial charge >= 0.3 is 17.9 Å². The molecule has 63 heavy (non-hydrogen) atoms. The van der Waals surface area contributed by atoms with Gasteiger partial charge in [-0.05, 0) is 96.3 Å². The molecule has 0 amide bonds. The zero-order chi connectivity index (χ0) is 45.8. The van der Waals surface area contributed by atoms with Crippen molar-refractivity contribution in [2.75, 3.05) is 13.2 Å². The summed E-state index contributed by atoms with van der Waals surface area (Å²) in [7, 11) is 0. The van der Waals surface area contributed by atoms with Gasteiger partial charge in [0.2, 0.25) is 0 Å². The van der Waals surface area contributed by atoms with Crippen molar-refractivity contribution < 1.29 is 28.6 Å². The largest absolute Gasteiger partial charge is 0.462 e. The minimum absolute atomic E-state index is 0.0991. The monoisotopic (exact) mass is 875 g/mol. The predicted molar refractivity (Wildman–Crippen MR) is 270 cm³/mol. The number of hydrogen-bond donors (Lipinski definition) is 0. The number of carbonyl (C=O) groups excluding carboxylic acids is 3. The molecule has 358 valence electrons. The summed E-state index contributed by atoms with van der Waals surface area (Å²) in [4.78, 5) is 37.8. The Hall–Kier alpha value is -3.67. The Morgan fingerprint density at radius 2 is 0.635 bits per heavy atom. The molecule has 0 saturated carbocycles. The molecule has 0 aliphatic carbocycles. The third-order valence-corrected chi connectivity index (χ3v) is 10.6. The summed E-state index contributed by atoms with van der Waals surface area (Å²) >= 11 is 0. The maximum atomic E-state index is 12.7. The van der Waals surface area contributed by atoms with Crippen LogP contribution in [0.2, 0.25) is 0 Å². The Balaban J connectivity index is 4.38. The molecule has 0 aromatic heterocycles. The Bertz CT molecular complexity index is 1280. The van der Waals surface area contributed by atoms with Crippen LogP contribution in [0.1, 0.15) is 226 Å². The van der Waals surface area contributed by atoms with Crippen LogP contribution < -0.4 is 0 Å². The second kappa shape index (κ2) is 51.0. The minimum atomic E-state index is -0.802. The van der Waals surface area contributed by atoms with Crippen LogP contribution in [-0.2, 0) is 28.6 Å². The van der Waals surface area contributed by atoms with E-state index in [-0.39, 0.29) is 37.5 Å². The van der Waals surface area contributed by atoms with Gasteiger partial charge in [-0.2, -0.15) is 0 Å². The zero-order valence-corrected chi connectivity index (χ0v) is 40.8. The molecule has 0 N–H and O–H groups in total. The summed E-state index contributed by atoms with van der Waals surface area (Å²) < 4.78 is 16.7. The van der Waals surface area contributed by atoms with Gasteiger partial charge in [0, 0.05) is 19.3 Å². The molecule has 0 rings (SSSR count). The Morgan fingerprint density at radius 1 is 0.333 bits per heavy atom. The molecule has 1 unspecified atom stereocenters. The smallest absolute Gasteiger partial charge is 0.306 e. The highest BCUT2D eigenvalue weighted by Crippen LogP contribution is 2.13. The minimum Gasteiger partial charge on any atom is -0.462 e. The topological polar surface area (TPSA) is 78.9 Å². The van der Waals surface area contributed by atoms with Crippen molar-refractivity contribution >= 4 is 17.9 Å². The quantitative estimate of drug-likeness (QED) is 0.0262. The summed E-state index contributed by atoms with van der Waals surface area (Å²) in [6.45, 7) is 6.41. The van der Waals surface area contributed by atoms with Crippen LogP contribution in [0.15, 0.2) is 97.2 Å². The standard InChI is InChI=1S/C57H94O6/c1-4-7-10-13-16-18-20-22-24-25-26-27-28-29-30-31-33-34-36-38-41-44-47-50-56(59)62-53-54(52-61-55(58)49-46-43-40-15-12-9-6-3)63-57(60)51-48-45-42-39-37-35-32-23-21-19-17-14-11-8-5-2/h7,10,16,18,22-24,26-27,29-30,32-34,38,41,54H,4-6,8-9,11-15,17,19-21,25,28,31,35-37,39-40,42-53H2,1-3H3/b10-7-,18-16-,24-22-,27-26-,30-29-,32-23-,34-33-,41-38-. The van der Waals surface area contributed by atoms with Gasteiger partial charge in [0.15, 0.2) is 6.10 Å². The predicted octanol–water partition coefficient (Wildman–Crippen LogP) is 17.0. The van der Waals surface area contributed by atoms with E-state index in [0.717, 1.165) is 103 Å². The fraction of sp³-hybridized carbons (Fsp3) is 0.667. The molecule has 6 heteroatoms. The highest BCUT2D eigenvalue weighted by atomic mass is 16.6. The molecular weight excluding hydrogens is 781 g/mol. The molecule has 0 aliphatic heterocycles. The molecule has 0 aromatic rings. The van der Waals surface area contributed by atoms with Crippen molar-refractivity contribution in [2.45, 2.75) is 232 Å². The van der Waals surface area contributed by atoms with Crippen LogP contribution in [0.3, 0.4) is 0 Å². The van der Waals surface area contributed by atoms with Gasteiger partial charge in [-0.15, -0.1) is 0 Å². The molecular formula is C57H94O6. The van der Waals surface area contributed by atoms with Gasteiger partial charge < -0.3 is 14.2 Å². The van der Waals surface area contributed by atoms with Crippen molar-refractivity contribution in [3.63, 3.8) is 0 Å². The lowest BCUT2D eigenvalue weighted by Crippen LogP contribution is -2.30. The van der Waals surface area contributed by atoms with Gasteiger partial charge in [-0.3, -0.25) is 14.4 Å². The lowest BCUT2D eigenvalue weighted by Gasteiger charge is -2.18. The number of hydrogen-bond acceptors (Lipinski definition) is 6. The second-order valence-corrected chi connectivity index (χ2v) is 16.7. The average molecular weight is 875 g/mol. The van der Waals surface area contributed by atoms with E-state index in [9.17, 15) is 14.4 Å². The van der Waals surface area contributed by atoms with E-state index in [1.807, 2.05) is 0 Å². The van der Waals surface area contributed by atoms with Gasteiger partial charge in [-0.1, -0.05) is 208 Å². The van der Waals surface area contributed by atoms with Crippen LogP contribution >= 0.6 is 0 Å². The van der Waals surface area contributed by atoms with Crippen molar-refractivity contribution in [1.29, 1.82) is 0 Å². The first-order valence-corrected chi connectivity index (χ1v) is 25.7.